The van der Waals surface area contributed by atoms with E-state index in [1.165, 1.54) is 24.5 Å². The second kappa shape index (κ2) is 6.57. The molecule has 0 aliphatic carbocycles. The topological polar surface area (TPSA) is 3.24 Å². The quantitative estimate of drug-likeness (QED) is 0.644. The summed E-state index contributed by atoms with van der Waals surface area (Å²) in [4.78, 5) is 2.34. The smallest absolute Gasteiger partial charge is 0.0867 e. The molecule has 0 unspecified atom stereocenters. The minimum atomic E-state index is 0.591. The SMILES string of the molecule is C\C=C/C(=C\C=C\F)C1CCN(C)CC1. The van der Waals surface area contributed by atoms with Crippen molar-refractivity contribution >= 4 is 0 Å². The summed E-state index contributed by atoms with van der Waals surface area (Å²) in [5.74, 6) is 0.591. The van der Waals surface area contributed by atoms with Crippen LogP contribution in [0, 0.1) is 5.92 Å². The van der Waals surface area contributed by atoms with Gasteiger partial charge in [0.25, 0.3) is 0 Å². The summed E-state index contributed by atoms with van der Waals surface area (Å²) in [6, 6.07) is 0. The highest BCUT2D eigenvalue weighted by atomic mass is 19.1. The molecule has 1 rings (SSSR count). The molecule has 0 amide bonds. The van der Waals surface area contributed by atoms with Crippen LogP contribution in [0.5, 0.6) is 0 Å². The minimum absolute atomic E-state index is 0.591. The van der Waals surface area contributed by atoms with Crippen LogP contribution in [0.4, 0.5) is 4.39 Å². The monoisotopic (exact) mass is 209 g/mol. The first-order chi connectivity index (χ1) is 7.27. The van der Waals surface area contributed by atoms with Gasteiger partial charge in [0, 0.05) is 0 Å². The molecule has 2 heteroatoms. The highest BCUT2D eigenvalue weighted by molar-refractivity contribution is 5.26. The third kappa shape index (κ3) is 4.00. The third-order valence-electron chi connectivity index (χ3n) is 2.91. The molecule has 1 aliphatic heterocycles. The predicted molar refractivity (Wildman–Crippen MR) is 63.4 cm³/mol. The molecular formula is C13H20FN. The van der Waals surface area contributed by atoms with Crippen molar-refractivity contribution in [3.05, 3.63) is 36.2 Å². The molecule has 1 aliphatic rings. The van der Waals surface area contributed by atoms with E-state index < -0.39 is 0 Å². The Morgan fingerprint density at radius 2 is 2.00 bits per heavy atom. The van der Waals surface area contributed by atoms with E-state index in [9.17, 15) is 4.39 Å². The van der Waals surface area contributed by atoms with Crippen molar-refractivity contribution in [3.63, 3.8) is 0 Å². The van der Waals surface area contributed by atoms with Gasteiger partial charge in [-0.05, 0) is 57.5 Å². The number of nitrogens with zero attached hydrogens (tertiary/aromatic N) is 1. The number of allylic oxidation sites excluding steroid dienone is 5. The number of halogens is 1. The Kier molecular flexibility index (Phi) is 5.33. The zero-order valence-corrected chi connectivity index (χ0v) is 9.62. The van der Waals surface area contributed by atoms with E-state index in [0.29, 0.717) is 12.2 Å². The summed E-state index contributed by atoms with van der Waals surface area (Å²) < 4.78 is 12.0. The maximum Gasteiger partial charge on any atom is 0.0867 e. The van der Waals surface area contributed by atoms with E-state index in [0.717, 1.165) is 13.1 Å². The van der Waals surface area contributed by atoms with Gasteiger partial charge in [-0.1, -0.05) is 18.2 Å². The maximum absolute atomic E-state index is 12.0. The van der Waals surface area contributed by atoms with Gasteiger partial charge in [-0.25, -0.2) is 4.39 Å². The van der Waals surface area contributed by atoms with E-state index in [4.69, 9.17) is 0 Å². The van der Waals surface area contributed by atoms with Gasteiger partial charge in [-0.2, -0.15) is 0 Å². The van der Waals surface area contributed by atoms with Gasteiger partial charge in [-0.3, -0.25) is 0 Å². The first-order valence-electron chi connectivity index (χ1n) is 5.56. The summed E-state index contributed by atoms with van der Waals surface area (Å²) in [5.41, 5.74) is 1.25. The number of piperidine rings is 1. The largest absolute Gasteiger partial charge is 0.306 e. The highest BCUT2D eigenvalue weighted by Crippen LogP contribution is 2.25. The number of hydrogen-bond acceptors (Lipinski definition) is 1. The lowest BCUT2D eigenvalue weighted by Gasteiger charge is -2.29. The first kappa shape index (κ1) is 12.2. The van der Waals surface area contributed by atoms with Crippen LogP contribution in [0.2, 0.25) is 0 Å². The molecule has 0 N–H and O–H groups in total. The predicted octanol–water partition coefficient (Wildman–Crippen LogP) is 3.31. The van der Waals surface area contributed by atoms with Crippen molar-refractivity contribution in [2.75, 3.05) is 20.1 Å². The number of rotatable bonds is 3. The fraction of sp³-hybridized carbons (Fsp3) is 0.538. The van der Waals surface area contributed by atoms with Crippen molar-refractivity contribution in [3.8, 4) is 0 Å². The summed E-state index contributed by atoms with van der Waals surface area (Å²) in [6.45, 7) is 4.28. The molecular weight excluding hydrogens is 189 g/mol. The number of hydrogen-bond donors (Lipinski definition) is 0. The third-order valence-corrected chi connectivity index (χ3v) is 2.91. The van der Waals surface area contributed by atoms with Gasteiger partial charge in [0.1, 0.15) is 0 Å². The van der Waals surface area contributed by atoms with Gasteiger partial charge in [0.15, 0.2) is 0 Å². The number of likely N-dealkylation sites (tertiary alicyclic amines) is 1. The molecule has 0 spiro atoms. The van der Waals surface area contributed by atoms with E-state index in [1.807, 2.05) is 19.1 Å². The molecule has 1 fully saturated rings. The molecule has 0 aromatic rings. The van der Waals surface area contributed by atoms with Crippen molar-refractivity contribution in [2.45, 2.75) is 19.8 Å². The van der Waals surface area contributed by atoms with Crippen LogP contribution in [-0.4, -0.2) is 25.0 Å². The lowest BCUT2D eigenvalue weighted by molar-refractivity contribution is 0.240. The van der Waals surface area contributed by atoms with Crippen LogP contribution in [0.25, 0.3) is 0 Å². The molecule has 0 bridgehead atoms. The molecule has 0 atom stereocenters. The van der Waals surface area contributed by atoms with Crippen LogP contribution in [-0.2, 0) is 0 Å². The summed E-state index contributed by atoms with van der Waals surface area (Å²) in [5, 5.41) is 0. The summed E-state index contributed by atoms with van der Waals surface area (Å²) in [7, 11) is 2.15. The molecule has 0 aromatic carbocycles. The summed E-state index contributed by atoms with van der Waals surface area (Å²) >= 11 is 0. The van der Waals surface area contributed by atoms with Gasteiger partial charge >= 0.3 is 0 Å². The summed E-state index contributed by atoms with van der Waals surface area (Å²) in [6.07, 6.45) is 10.4. The van der Waals surface area contributed by atoms with Crippen LogP contribution < -0.4 is 0 Å². The van der Waals surface area contributed by atoms with E-state index >= 15 is 0 Å². The lowest BCUT2D eigenvalue weighted by atomic mass is 9.88. The van der Waals surface area contributed by atoms with Gasteiger partial charge in [0.05, 0.1) is 6.33 Å². The van der Waals surface area contributed by atoms with E-state index in [-0.39, 0.29) is 0 Å². The fourth-order valence-electron chi connectivity index (χ4n) is 2.01. The Morgan fingerprint density at radius 1 is 1.33 bits per heavy atom. The highest BCUT2D eigenvalue weighted by Gasteiger charge is 2.18. The van der Waals surface area contributed by atoms with Gasteiger partial charge in [-0.15, -0.1) is 0 Å². The fourth-order valence-corrected chi connectivity index (χ4v) is 2.01. The Morgan fingerprint density at radius 3 is 2.53 bits per heavy atom. The zero-order chi connectivity index (χ0) is 11.1. The molecule has 1 nitrogen and oxygen atoms in total. The normalized spacial score (nSPS) is 21.9. The minimum Gasteiger partial charge on any atom is -0.306 e. The van der Waals surface area contributed by atoms with Gasteiger partial charge in [0.2, 0.25) is 0 Å². The molecule has 1 saturated heterocycles. The Hall–Kier alpha value is -0.890. The Labute approximate surface area is 92.0 Å². The maximum atomic E-state index is 12.0. The average molecular weight is 209 g/mol. The Balaban J connectivity index is 2.64. The van der Waals surface area contributed by atoms with Crippen LogP contribution in [0.15, 0.2) is 36.2 Å². The molecule has 84 valence electrons. The standard InChI is InChI=1S/C13H20FN/c1-3-5-12(6-4-9-14)13-7-10-15(2)11-8-13/h3-6,9,13H,7-8,10-11H2,1-2H3/b5-3-,9-4+,12-6+. The lowest BCUT2D eigenvalue weighted by Crippen LogP contribution is -2.30. The van der Waals surface area contributed by atoms with Crippen molar-refractivity contribution in [1.82, 2.24) is 4.90 Å². The van der Waals surface area contributed by atoms with Crippen molar-refractivity contribution in [1.29, 1.82) is 0 Å². The zero-order valence-electron chi connectivity index (χ0n) is 9.62. The Bertz CT molecular complexity index is 258. The van der Waals surface area contributed by atoms with E-state index in [1.54, 1.807) is 0 Å². The van der Waals surface area contributed by atoms with Crippen molar-refractivity contribution < 1.29 is 4.39 Å². The van der Waals surface area contributed by atoms with Crippen LogP contribution in [0.1, 0.15) is 19.8 Å². The molecule has 15 heavy (non-hydrogen) atoms. The molecule has 0 saturated carbocycles. The molecule has 0 aromatic heterocycles. The van der Waals surface area contributed by atoms with Crippen LogP contribution in [0.3, 0.4) is 0 Å². The second-order valence-corrected chi connectivity index (χ2v) is 4.06. The van der Waals surface area contributed by atoms with Crippen molar-refractivity contribution in [2.24, 2.45) is 5.92 Å². The van der Waals surface area contributed by atoms with Gasteiger partial charge < -0.3 is 4.90 Å². The average Bonchev–Trinajstić information content (AvgIpc) is 2.25. The molecule has 0 radical (unpaired) electrons. The van der Waals surface area contributed by atoms with E-state index in [2.05, 4.69) is 18.0 Å². The van der Waals surface area contributed by atoms with Crippen LogP contribution >= 0.6 is 0 Å². The first-order valence-corrected chi connectivity index (χ1v) is 5.56. The second-order valence-electron chi connectivity index (χ2n) is 4.06. The molecule has 1 heterocycles.